The minimum absolute atomic E-state index is 0.147. The molecule has 1 unspecified atom stereocenters. The monoisotopic (exact) mass is 230 g/mol. The number of fused-ring (bicyclic) bond motifs is 1. The fourth-order valence-electron chi connectivity index (χ4n) is 3.34. The summed E-state index contributed by atoms with van der Waals surface area (Å²) >= 11 is 0. The van der Waals surface area contributed by atoms with Crippen LogP contribution in [0.5, 0.6) is 0 Å². The molecule has 3 atom stereocenters. The summed E-state index contributed by atoms with van der Waals surface area (Å²) in [5, 5.41) is 9.55. The molecule has 0 aromatic carbocycles. The average molecular weight is 230 g/mol. The number of carbonyl (C=O) groups excluding carboxylic acids is 1. The van der Waals surface area contributed by atoms with Crippen LogP contribution in [0, 0.1) is 17.2 Å². The van der Waals surface area contributed by atoms with Crippen molar-refractivity contribution in [1.82, 2.24) is 5.32 Å². The van der Waals surface area contributed by atoms with Crippen LogP contribution in [0.25, 0.3) is 0 Å². The van der Waals surface area contributed by atoms with Gasteiger partial charge in [-0.2, -0.15) is 0 Å². The molecule has 2 N–H and O–H groups in total. The summed E-state index contributed by atoms with van der Waals surface area (Å²) in [7, 11) is 0. The van der Waals surface area contributed by atoms with E-state index in [4.69, 9.17) is 10.1 Å². The minimum atomic E-state index is -2.58. The smallest absolute Gasteiger partial charge is 0.289 e. The van der Waals surface area contributed by atoms with Gasteiger partial charge in [-0.3, -0.25) is 15.5 Å². The number of halogens is 2. The molecule has 2 saturated carbocycles. The van der Waals surface area contributed by atoms with E-state index in [1.54, 1.807) is 0 Å². The van der Waals surface area contributed by atoms with Crippen LogP contribution in [-0.2, 0) is 9.53 Å². The highest BCUT2D eigenvalue weighted by Gasteiger charge is 2.61. The predicted molar refractivity (Wildman–Crippen MR) is 50.1 cm³/mol. The number of hydrogen-bond acceptors (Lipinski definition) is 3. The Labute approximate surface area is 90.8 Å². The van der Waals surface area contributed by atoms with Gasteiger partial charge in [-0.25, -0.2) is 8.78 Å². The van der Waals surface area contributed by atoms with Crippen LogP contribution >= 0.6 is 0 Å². The van der Waals surface area contributed by atoms with Crippen LogP contribution in [0.15, 0.2) is 0 Å². The van der Waals surface area contributed by atoms with Gasteiger partial charge in [0.25, 0.3) is 11.9 Å². The molecule has 6 heteroatoms. The van der Waals surface area contributed by atoms with Crippen molar-refractivity contribution < 1.29 is 18.3 Å². The lowest BCUT2D eigenvalue weighted by Gasteiger charge is -2.21. The van der Waals surface area contributed by atoms with Gasteiger partial charge in [-0.1, -0.05) is 0 Å². The number of nitrogens with one attached hydrogen (secondary N) is 2. The highest BCUT2D eigenvalue weighted by atomic mass is 19.3. The topological polar surface area (TPSA) is 62.2 Å². The first-order valence-corrected chi connectivity index (χ1v) is 5.37. The summed E-state index contributed by atoms with van der Waals surface area (Å²) < 4.78 is 31.5. The third-order valence-corrected chi connectivity index (χ3v) is 3.91. The van der Waals surface area contributed by atoms with E-state index in [1.807, 2.05) is 0 Å². The third-order valence-electron chi connectivity index (χ3n) is 3.91. The van der Waals surface area contributed by atoms with E-state index in [9.17, 15) is 13.6 Å². The second kappa shape index (κ2) is 2.73. The molecule has 3 aliphatic rings. The molecule has 1 heterocycles. The van der Waals surface area contributed by atoms with Crippen LogP contribution in [0.3, 0.4) is 0 Å². The zero-order valence-corrected chi connectivity index (χ0v) is 8.56. The van der Waals surface area contributed by atoms with Crippen LogP contribution in [0.1, 0.15) is 25.7 Å². The van der Waals surface area contributed by atoms with Gasteiger partial charge in [0.15, 0.2) is 5.60 Å². The van der Waals surface area contributed by atoms with Crippen LogP contribution in [0.2, 0.25) is 0 Å². The Kier molecular flexibility index (Phi) is 1.70. The van der Waals surface area contributed by atoms with Gasteiger partial charge in [0.2, 0.25) is 5.92 Å². The van der Waals surface area contributed by atoms with Crippen molar-refractivity contribution in [3.63, 3.8) is 0 Å². The van der Waals surface area contributed by atoms with Gasteiger partial charge in [0, 0.05) is 12.8 Å². The predicted octanol–water partition coefficient (Wildman–Crippen LogP) is 1.26. The maximum absolute atomic E-state index is 13.1. The largest absolute Gasteiger partial charge is 0.448 e. The molecule has 1 saturated heterocycles. The Morgan fingerprint density at radius 3 is 2.25 bits per heavy atom. The third kappa shape index (κ3) is 1.25. The van der Waals surface area contributed by atoms with Crippen LogP contribution in [0.4, 0.5) is 8.78 Å². The number of ether oxygens (including phenoxy) is 1. The second-order valence-corrected chi connectivity index (χ2v) is 5.07. The molecule has 0 aromatic heterocycles. The molecule has 1 spiro atoms. The van der Waals surface area contributed by atoms with Crippen LogP contribution < -0.4 is 5.32 Å². The highest BCUT2D eigenvalue weighted by Crippen LogP contribution is 2.55. The summed E-state index contributed by atoms with van der Waals surface area (Å²) in [4.78, 5) is 11.6. The molecule has 0 aromatic rings. The van der Waals surface area contributed by atoms with Gasteiger partial charge in [-0.05, 0) is 24.7 Å². The van der Waals surface area contributed by atoms with E-state index in [1.165, 1.54) is 0 Å². The molecule has 2 aliphatic carbocycles. The number of rotatable bonds is 0. The average Bonchev–Trinajstić information content (AvgIpc) is 2.62. The Bertz CT molecular complexity index is 367. The number of alkyl halides is 2. The van der Waals surface area contributed by atoms with Gasteiger partial charge in [0.05, 0.1) is 0 Å². The van der Waals surface area contributed by atoms with Gasteiger partial charge in [0.1, 0.15) is 0 Å². The summed E-state index contributed by atoms with van der Waals surface area (Å²) in [5.41, 5.74) is -1.02. The molecule has 3 fully saturated rings. The number of hydrogen-bond donors (Lipinski definition) is 2. The summed E-state index contributed by atoms with van der Waals surface area (Å²) in [5.74, 6) is -3.21. The van der Waals surface area contributed by atoms with Crippen molar-refractivity contribution in [1.29, 1.82) is 5.41 Å². The second-order valence-electron chi connectivity index (χ2n) is 5.07. The van der Waals surface area contributed by atoms with E-state index < -0.39 is 11.5 Å². The van der Waals surface area contributed by atoms with Crippen molar-refractivity contribution in [3.05, 3.63) is 0 Å². The van der Waals surface area contributed by atoms with Crippen molar-refractivity contribution in [2.75, 3.05) is 0 Å². The van der Waals surface area contributed by atoms with E-state index >= 15 is 0 Å². The lowest BCUT2D eigenvalue weighted by Crippen LogP contribution is -2.37. The van der Waals surface area contributed by atoms with Gasteiger partial charge < -0.3 is 4.74 Å². The first-order valence-electron chi connectivity index (χ1n) is 5.37. The summed E-state index contributed by atoms with van der Waals surface area (Å²) in [6, 6.07) is -0.253. The van der Waals surface area contributed by atoms with E-state index in [0.29, 0.717) is 12.8 Å². The fraction of sp³-hybridized carbons (Fsp3) is 0.800. The number of amides is 1. The maximum Gasteiger partial charge on any atom is 0.289 e. The summed E-state index contributed by atoms with van der Waals surface area (Å²) in [6.07, 6.45) is 0.343. The first kappa shape index (κ1) is 9.99. The summed E-state index contributed by atoms with van der Waals surface area (Å²) in [6.45, 7) is 0. The van der Waals surface area contributed by atoms with Crippen molar-refractivity contribution in [3.8, 4) is 0 Å². The normalized spacial score (nSPS) is 44.6. The zero-order chi connectivity index (χ0) is 11.6. The highest BCUT2D eigenvalue weighted by molar-refractivity contribution is 6.03. The standard InChI is InChI=1S/C10H12F2N2O2/c11-10(12)3-5-1-9(2-6(5)4-10)7(15)14-8(13)16-9/h5-6H,1-4H2,(H2,13,14,15)/t5-,6+,9?. The van der Waals surface area contributed by atoms with Gasteiger partial charge >= 0.3 is 0 Å². The fourth-order valence-corrected chi connectivity index (χ4v) is 3.34. The molecule has 0 bridgehead atoms. The van der Waals surface area contributed by atoms with Crippen molar-refractivity contribution >= 4 is 11.9 Å². The quantitative estimate of drug-likeness (QED) is 0.658. The number of amidine groups is 1. The van der Waals surface area contributed by atoms with Crippen LogP contribution in [-0.4, -0.2) is 23.5 Å². The minimum Gasteiger partial charge on any atom is -0.448 e. The Morgan fingerprint density at radius 2 is 1.81 bits per heavy atom. The van der Waals surface area contributed by atoms with E-state index in [2.05, 4.69) is 5.32 Å². The molecule has 1 amide bonds. The molecule has 0 radical (unpaired) electrons. The Morgan fingerprint density at radius 1 is 1.25 bits per heavy atom. The number of carbonyl (C=O) groups is 1. The lowest BCUT2D eigenvalue weighted by atomic mass is 9.97. The molecular formula is C10H12F2N2O2. The molecular weight excluding hydrogens is 218 g/mol. The van der Waals surface area contributed by atoms with E-state index in [-0.39, 0.29) is 36.6 Å². The molecule has 1 aliphatic heterocycles. The van der Waals surface area contributed by atoms with Gasteiger partial charge in [-0.15, -0.1) is 0 Å². The van der Waals surface area contributed by atoms with E-state index in [0.717, 1.165) is 0 Å². The SMILES string of the molecule is N=C1NC(=O)C2(C[C@H]3CC(F)(F)C[C@H]3C2)O1. The lowest BCUT2D eigenvalue weighted by molar-refractivity contribution is -0.131. The Balaban J connectivity index is 1.81. The maximum atomic E-state index is 13.1. The van der Waals surface area contributed by atoms with Crippen molar-refractivity contribution in [2.45, 2.75) is 37.2 Å². The van der Waals surface area contributed by atoms with Crippen molar-refractivity contribution in [2.24, 2.45) is 11.8 Å². The molecule has 3 rings (SSSR count). The molecule has 88 valence electrons. The molecule has 4 nitrogen and oxygen atoms in total. The molecule has 16 heavy (non-hydrogen) atoms. The first-order chi connectivity index (χ1) is 7.40. The zero-order valence-electron chi connectivity index (χ0n) is 8.56. The Hall–Kier alpha value is -1.20.